The van der Waals surface area contributed by atoms with Crippen molar-refractivity contribution in [3.63, 3.8) is 0 Å². The lowest BCUT2D eigenvalue weighted by molar-refractivity contribution is 0.436. The third-order valence-corrected chi connectivity index (χ3v) is 20.2. The van der Waals surface area contributed by atoms with Crippen LogP contribution in [0.25, 0.3) is 44.5 Å². The Labute approximate surface area is 493 Å². The van der Waals surface area contributed by atoms with Crippen molar-refractivity contribution in [2.24, 2.45) is 0 Å². The van der Waals surface area contributed by atoms with Crippen LogP contribution in [-0.2, 0) is 16.2 Å². The number of rotatable bonds is 6. The maximum absolute atomic E-state index is 6.82. The molecule has 0 saturated heterocycles. The lowest BCUT2D eigenvalue weighted by atomic mass is 9.66. The summed E-state index contributed by atoms with van der Waals surface area (Å²) in [5, 5.41) is 0. The van der Waals surface area contributed by atoms with Gasteiger partial charge in [0, 0.05) is 37.9 Å². The molecule has 0 aromatic heterocycles. The van der Waals surface area contributed by atoms with Crippen molar-refractivity contribution in [2.75, 3.05) is 4.90 Å². The Morgan fingerprint density at radius 2 is 0.679 bits per heavy atom. The van der Waals surface area contributed by atoms with Crippen molar-refractivity contribution < 1.29 is 4.74 Å². The first-order chi connectivity index (χ1) is 41.7. The molecule has 0 radical (unpaired) electrons. The van der Waals surface area contributed by atoms with Crippen LogP contribution in [0.3, 0.4) is 0 Å². The van der Waals surface area contributed by atoms with E-state index in [1.165, 1.54) is 104 Å². The maximum Gasteiger partial charge on any atom is 0.132 e. The van der Waals surface area contributed by atoms with Gasteiger partial charge in [-0.3, -0.25) is 0 Å². The van der Waals surface area contributed by atoms with E-state index >= 15 is 0 Å². The number of ether oxygens (including phenoxy) is 1. The van der Waals surface area contributed by atoms with Gasteiger partial charge in [0.15, 0.2) is 0 Å². The summed E-state index contributed by atoms with van der Waals surface area (Å²) in [6, 6.07) is 116. The van der Waals surface area contributed by atoms with E-state index in [2.05, 4.69) is 314 Å². The van der Waals surface area contributed by atoms with Gasteiger partial charge in [0.25, 0.3) is 0 Å². The summed E-state index contributed by atoms with van der Waals surface area (Å²) in [6.07, 6.45) is 0. The van der Waals surface area contributed by atoms with Gasteiger partial charge in [-0.05, 0) is 149 Å². The van der Waals surface area contributed by atoms with E-state index in [-0.39, 0.29) is 0 Å². The molecular formula is C81H51NOS. The predicted octanol–water partition coefficient (Wildman–Crippen LogP) is 20.5. The number of fused-ring (bicyclic) bond motifs is 21. The molecule has 2 aliphatic heterocycles. The van der Waals surface area contributed by atoms with E-state index in [1.807, 2.05) is 11.8 Å². The second kappa shape index (κ2) is 17.9. The third kappa shape index (κ3) is 6.16. The van der Waals surface area contributed by atoms with Gasteiger partial charge in [0.1, 0.15) is 11.5 Å². The third-order valence-electron chi connectivity index (χ3n) is 19.1. The normalized spacial score (nSPS) is 14.8. The number of benzene rings is 13. The molecule has 0 fully saturated rings. The van der Waals surface area contributed by atoms with Gasteiger partial charge in [-0.1, -0.05) is 267 Å². The van der Waals surface area contributed by atoms with Crippen molar-refractivity contribution in [1.82, 2.24) is 0 Å². The van der Waals surface area contributed by atoms with Crippen LogP contribution in [-0.4, -0.2) is 0 Å². The van der Waals surface area contributed by atoms with Crippen molar-refractivity contribution in [2.45, 2.75) is 26.0 Å². The van der Waals surface area contributed by atoms with E-state index in [4.69, 9.17) is 4.74 Å². The molecule has 5 aliphatic rings. The molecule has 2 spiro atoms. The minimum Gasteiger partial charge on any atom is -0.457 e. The van der Waals surface area contributed by atoms with E-state index < -0.39 is 16.2 Å². The molecule has 0 N–H and O–H groups in total. The van der Waals surface area contributed by atoms with Gasteiger partial charge >= 0.3 is 0 Å². The van der Waals surface area contributed by atoms with Crippen molar-refractivity contribution >= 4 is 28.8 Å². The zero-order valence-electron chi connectivity index (χ0n) is 45.7. The Kier molecular flexibility index (Phi) is 10.1. The summed E-state index contributed by atoms with van der Waals surface area (Å²) in [7, 11) is 0. The Hall–Kier alpha value is -10.2. The topological polar surface area (TPSA) is 12.5 Å². The number of nitrogens with zero attached hydrogens (tertiary/aromatic N) is 1. The molecule has 0 bridgehead atoms. The number of hydrogen-bond acceptors (Lipinski definition) is 3. The van der Waals surface area contributed by atoms with Crippen LogP contribution in [0.4, 0.5) is 17.1 Å². The summed E-state index contributed by atoms with van der Waals surface area (Å²) < 4.78 is 6.82. The van der Waals surface area contributed by atoms with Gasteiger partial charge in [0.05, 0.1) is 21.9 Å². The Morgan fingerprint density at radius 3 is 1.30 bits per heavy atom. The summed E-state index contributed by atoms with van der Waals surface area (Å²) in [5.41, 5.74) is 26.6. The highest BCUT2D eigenvalue weighted by atomic mass is 32.2. The van der Waals surface area contributed by atoms with Gasteiger partial charge in [-0.25, -0.2) is 0 Å². The quantitative estimate of drug-likeness (QED) is 0.165. The second-order valence-electron chi connectivity index (χ2n) is 22.8. The van der Waals surface area contributed by atoms with E-state index in [0.717, 1.165) is 45.3 Å². The first kappa shape index (κ1) is 47.4. The van der Waals surface area contributed by atoms with Gasteiger partial charge in [-0.15, -0.1) is 0 Å². The lowest BCUT2D eigenvalue weighted by Crippen LogP contribution is -2.32. The van der Waals surface area contributed by atoms with Crippen LogP contribution in [0.5, 0.6) is 11.5 Å². The first-order valence-electron chi connectivity index (χ1n) is 29.1. The molecule has 18 rings (SSSR count). The smallest absolute Gasteiger partial charge is 0.132 e. The van der Waals surface area contributed by atoms with Gasteiger partial charge in [-0.2, -0.15) is 0 Å². The van der Waals surface area contributed by atoms with Crippen molar-refractivity contribution in [1.29, 1.82) is 0 Å². The van der Waals surface area contributed by atoms with E-state index in [9.17, 15) is 0 Å². The first-order valence-corrected chi connectivity index (χ1v) is 30.0. The van der Waals surface area contributed by atoms with Crippen molar-refractivity contribution in [3.8, 4) is 56.0 Å². The van der Waals surface area contributed by atoms with Crippen LogP contribution in [0, 0.1) is 0 Å². The summed E-state index contributed by atoms with van der Waals surface area (Å²) in [5.74, 6) is 1.76. The fourth-order valence-electron chi connectivity index (χ4n) is 16.0. The molecule has 2 heterocycles. The molecule has 2 nitrogen and oxygen atoms in total. The molecule has 3 aliphatic carbocycles. The lowest BCUT2D eigenvalue weighted by Gasteiger charge is -2.40. The van der Waals surface area contributed by atoms with Crippen LogP contribution < -0.4 is 9.64 Å². The fraction of sp³-hybridized carbons (Fsp3) is 0.0370. The SMILES string of the molecule is c1ccc(C2(c3ccccc3)c3ccccc3-c3c(-c4ccc(N(c5ccc6c(c5)C5(c7ccccc7Sc7ccccc75)c5ccccc5-6)c5cccc6c5-c5ccccc5C65c6ccccc6Oc6ccccc65)cc4)cccc32)cc1. The second-order valence-corrected chi connectivity index (χ2v) is 23.9. The summed E-state index contributed by atoms with van der Waals surface area (Å²) in [4.78, 5) is 5.13. The molecule has 13 aromatic carbocycles. The van der Waals surface area contributed by atoms with Crippen LogP contribution in [0.2, 0.25) is 0 Å². The molecule has 0 atom stereocenters. The van der Waals surface area contributed by atoms with Gasteiger partial charge < -0.3 is 9.64 Å². The van der Waals surface area contributed by atoms with E-state index in [1.54, 1.807) is 0 Å². The van der Waals surface area contributed by atoms with E-state index in [0.29, 0.717) is 0 Å². The molecular weight excluding hydrogens is 1030 g/mol. The standard InChI is InChI=1S/C81H51NOS/c1-3-23-53(24-4-1)79(54-25-5-2-6-26-54)63-32-11-8-28-60(63)77-57(30-21-38-69(77)79)52-45-47-55(48-46-52)82(56-49-50-59-58-27-7-10-31-62(58)81(71(59)51-56)67-36-15-19-43-75(67)84-76-44-20-16-37-68(76)81)72-40-22-39-70-78(72)61-29-9-12-33-64(61)80(70)65-34-13-17-41-73(65)83-74-42-18-14-35-66(74)80/h1-51H. The molecule has 84 heavy (non-hydrogen) atoms. The summed E-state index contributed by atoms with van der Waals surface area (Å²) in [6.45, 7) is 0. The molecule has 0 amide bonds. The molecule has 392 valence electrons. The largest absolute Gasteiger partial charge is 0.457 e. The van der Waals surface area contributed by atoms with Crippen molar-refractivity contribution in [3.05, 3.63) is 376 Å². The Balaban J connectivity index is 0.890. The minimum atomic E-state index is -0.640. The molecule has 13 aromatic rings. The number of para-hydroxylation sites is 2. The zero-order valence-corrected chi connectivity index (χ0v) is 46.5. The molecule has 0 unspecified atom stereocenters. The Morgan fingerprint density at radius 1 is 0.262 bits per heavy atom. The highest BCUT2D eigenvalue weighted by molar-refractivity contribution is 7.99. The monoisotopic (exact) mass is 1090 g/mol. The average molecular weight is 1090 g/mol. The molecule has 0 saturated carbocycles. The van der Waals surface area contributed by atoms with Crippen LogP contribution >= 0.6 is 11.8 Å². The van der Waals surface area contributed by atoms with Crippen LogP contribution in [0.1, 0.15) is 66.8 Å². The predicted molar refractivity (Wildman–Crippen MR) is 343 cm³/mol. The molecule has 3 heteroatoms. The van der Waals surface area contributed by atoms with Crippen LogP contribution in [0.15, 0.2) is 319 Å². The number of anilines is 3. The average Bonchev–Trinajstić information content (AvgIpc) is 1.62. The number of hydrogen-bond donors (Lipinski definition) is 0. The summed E-state index contributed by atoms with van der Waals surface area (Å²) >= 11 is 1.89. The van der Waals surface area contributed by atoms with Gasteiger partial charge in [0.2, 0.25) is 0 Å². The maximum atomic E-state index is 6.82. The zero-order chi connectivity index (χ0) is 55.1. The highest BCUT2D eigenvalue weighted by Crippen LogP contribution is 2.67. The highest BCUT2D eigenvalue weighted by Gasteiger charge is 2.54. The minimum absolute atomic E-state index is 0.503. The Bertz CT molecular complexity index is 4740. The fourth-order valence-corrected chi connectivity index (χ4v) is 17.2.